The molecule has 0 bridgehead atoms. The van der Waals surface area contributed by atoms with Gasteiger partial charge in [-0.3, -0.25) is 9.05 Å². The third-order valence-corrected chi connectivity index (χ3v) is 7.72. The molecule has 3 N–H and O–H groups in total. The van der Waals surface area contributed by atoms with E-state index >= 15 is 0 Å². The van der Waals surface area contributed by atoms with Crippen molar-refractivity contribution in [3.05, 3.63) is 29.8 Å². The molecule has 0 fully saturated rings. The molecule has 0 spiro atoms. The average molecular weight is 556 g/mol. The minimum absolute atomic E-state index is 0.00695. The van der Waals surface area contributed by atoms with E-state index in [4.69, 9.17) is 19.5 Å². The van der Waals surface area contributed by atoms with Gasteiger partial charge in [0.25, 0.3) is 0 Å². The second-order valence-corrected chi connectivity index (χ2v) is 12.0. The first-order valence-electron chi connectivity index (χ1n) is 14.8. The highest BCUT2D eigenvalue weighted by molar-refractivity contribution is 7.47. The van der Waals surface area contributed by atoms with E-state index in [1.54, 1.807) is 6.92 Å². The van der Waals surface area contributed by atoms with Crippen LogP contribution in [-0.2, 0) is 24.8 Å². The fourth-order valence-corrected chi connectivity index (χ4v) is 5.58. The lowest BCUT2D eigenvalue weighted by molar-refractivity contribution is -0.118. The van der Waals surface area contributed by atoms with Crippen LogP contribution in [0.2, 0.25) is 0 Å². The highest BCUT2D eigenvalue weighted by Gasteiger charge is 2.26. The minimum Gasteiger partial charge on any atom is -0.494 e. The number of ketones is 1. The summed E-state index contributed by atoms with van der Waals surface area (Å²) in [6, 6.07) is 7.84. The average Bonchev–Trinajstić information content (AvgIpc) is 2.86. The molecule has 3 unspecified atom stereocenters. The first kappa shape index (κ1) is 34.8. The Balaban J connectivity index is 2.38. The Bertz CT molecular complexity index is 790. The van der Waals surface area contributed by atoms with Crippen LogP contribution in [0.25, 0.3) is 0 Å². The van der Waals surface area contributed by atoms with Crippen molar-refractivity contribution in [1.82, 2.24) is 0 Å². The van der Waals surface area contributed by atoms with E-state index in [1.807, 2.05) is 24.3 Å². The number of hydrogen-bond acceptors (Lipinski definition) is 6. The lowest BCUT2D eigenvalue weighted by Gasteiger charge is -2.21. The molecular weight excluding hydrogens is 501 g/mol. The van der Waals surface area contributed by atoms with Crippen LogP contribution < -0.4 is 10.5 Å². The summed E-state index contributed by atoms with van der Waals surface area (Å²) in [5.74, 6) is 0.576. The maximum atomic E-state index is 12.4. The molecule has 0 aliphatic carbocycles. The predicted molar refractivity (Wildman–Crippen MR) is 156 cm³/mol. The zero-order valence-corrected chi connectivity index (χ0v) is 25.1. The summed E-state index contributed by atoms with van der Waals surface area (Å²) in [4.78, 5) is 21.9. The van der Waals surface area contributed by atoms with Gasteiger partial charge in [0.1, 0.15) is 11.5 Å². The standard InChI is InChI=1S/C30H54NO6P/c1-4-5-6-7-8-9-10-11-12-13-14-21-35-30-19-15-18-28(24-30)23-29(22-26(2)32)25-36-38(33,34)37-27(3)17-16-20-31/h15,18-19,24,27,29H,4-14,16-17,20-23,25,31H2,1-3H3,(H,33,34). The number of Topliss-reactive ketones (excluding diaryl/α,β-unsaturated/α-hetero) is 1. The van der Waals surface area contributed by atoms with E-state index in [2.05, 4.69) is 6.92 Å². The Morgan fingerprint density at radius 1 is 1.00 bits per heavy atom. The van der Waals surface area contributed by atoms with Gasteiger partial charge in [-0.05, 0) is 69.7 Å². The molecule has 0 heterocycles. The maximum Gasteiger partial charge on any atom is 0.472 e. The Kier molecular flexibility index (Phi) is 19.7. The number of rotatable bonds is 25. The molecule has 38 heavy (non-hydrogen) atoms. The van der Waals surface area contributed by atoms with Gasteiger partial charge in [0.2, 0.25) is 0 Å². The number of phosphoric acid groups is 1. The van der Waals surface area contributed by atoms with Gasteiger partial charge in [-0.25, -0.2) is 4.57 Å². The zero-order chi connectivity index (χ0) is 28.1. The van der Waals surface area contributed by atoms with E-state index in [-0.39, 0.29) is 24.7 Å². The molecule has 0 aliphatic rings. The van der Waals surface area contributed by atoms with Crippen LogP contribution in [-0.4, -0.2) is 36.5 Å². The molecule has 0 saturated carbocycles. The normalized spacial score (nSPS) is 14.7. The van der Waals surface area contributed by atoms with E-state index in [0.717, 1.165) is 17.7 Å². The molecule has 0 radical (unpaired) electrons. The summed E-state index contributed by atoms with van der Waals surface area (Å²) < 4.78 is 28.8. The summed E-state index contributed by atoms with van der Waals surface area (Å²) in [6.07, 6.45) is 15.9. The maximum absolute atomic E-state index is 12.4. The molecule has 0 aliphatic heterocycles. The van der Waals surface area contributed by atoms with Gasteiger partial charge in [0, 0.05) is 6.42 Å². The Morgan fingerprint density at radius 2 is 1.63 bits per heavy atom. The van der Waals surface area contributed by atoms with Crippen molar-refractivity contribution >= 4 is 13.6 Å². The molecule has 0 saturated heterocycles. The molecule has 1 aromatic rings. The second kappa shape index (κ2) is 21.6. The monoisotopic (exact) mass is 555 g/mol. The Hall–Kier alpha value is -1.24. The number of carbonyl (C=O) groups is 1. The van der Waals surface area contributed by atoms with Crippen molar-refractivity contribution in [1.29, 1.82) is 0 Å². The van der Waals surface area contributed by atoms with Crippen LogP contribution in [0.15, 0.2) is 24.3 Å². The molecule has 7 nitrogen and oxygen atoms in total. The summed E-state index contributed by atoms with van der Waals surface area (Å²) in [6.45, 7) is 6.63. The van der Waals surface area contributed by atoms with E-state index in [0.29, 0.717) is 32.4 Å². The van der Waals surface area contributed by atoms with Crippen molar-refractivity contribution in [3.63, 3.8) is 0 Å². The minimum atomic E-state index is -4.21. The van der Waals surface area contributed by atoms with Crippen LogP contribution in [0.1, 0.15) is 116 Å². The van der Waals surface area contributed by atoms with Crippen LogP contribution in [0, 0.1) is 5.92 Å². The smallest absolute Gasteiger partial charge is 0.472 e. The topological polar surface area (TPSA) is 108 Å². The van der Waals surface area contributed by atoms with Gasteiger partial charge in [-0.1, -0.05) is 83.3 Å². The van der Waals surface area contributed by atoms with Gasteiger partial charge in [0.15, 0.2) is 0 Å². The SMILES string of the molecule is CCCCCCCCCCCCCOc1cccc(CC(COP(=O)(O)OC(C)CCCN)CC(C)=O)c1. The molecule has 3 atom stereocenters. The second-order valence-electron chi connectivity index (χ2n) is 10.6. The van der Waals surface area contributed by atoms with Crippen LogP contribution in [0.3, 0.4) is 0 Å². The van der Waals surface area contributed by atoms with Crippen molar-refractivity contribution in [2.45, 2.75) is 123 Å². The van der Waals surface area contributed by atoms with E-state index in [1.165, 1.54) is 71.1 Å². The van der Waals surface area contributed by atoms with Gasteiger partial charge >= 0.3 is 7.82 Å². The first-order chi connectivity index (χ1) is 18.3. The van der Waals surface area contributed by atoms with Crippen LogP contribution >= 0.6 is 7.82 Å². The third-order valence-electron chi connectivity index (χ3n) is 6.62. The van der Waals surface area contributed by atoms with Crippen LogP contribution in [0.5, 0.6) is 5.75 Å². The van der Waals surface area contributed by atoms with Crippen molar-refractivity contribution in [2.75, 3.05) is 19.8 Å². The molecule has 8 heteroatoms. The summed E-state index contributed by atoms with van der Waals surface area (Å²) in [5, 5.41) is 0. The van der Waals surface area contributed by atoms with Crippen molar-refractivity contribution < 1.29 is 28.0 Å². The summed E-state index contributed by atoms with van der Waals surface area (Å²) in [5.41, 5.74) is 6.49. The number of benzene rings is 1. The quantitative estimate of drug-likeness (QED) is 0.0937. The lowest BCUT2D eigenvalue weighted by Crippen LogP contribution is -2.17. The lowest BCUT2D eigenvalue weighted by atomic mass is 9.95. The number of hydrogen-bond donors (Lipinski definition) is 2. The summed E-state index contributed by atoms with van der Waals surface area (Å²) in [7, 11) is -4.21. The number of ether oxygens (including phenoxy) is 1. The van der Waals surface area contributed by atoms with Crippen molar-refractivity contribution in [3.8, 4) is 5.75 Å². The molecule has 220 valence electrons. The van der Waals surface area contributed by atoms with Gasteiger partial charge in [-0.2, -0.15) is 0 Å². The Morgan fingerprint density at radius 3 is 2.24 bits per heavy atom. The molecule has 0 aromatic heterocycles. The highest BCUT2D eigenvalue weighted by Crippen LogP contribution is 2.45. The fourth-order valence-electron chi connectivity index (χ4n) is 4.56. The largest absolute Gasteiger partial charge is 0.494 e. The molecule has 1 aromatic carbocycles. The van der Waals surface area contributed by atoms with Gasteiger partial charge in [0.05, 0.1) is 19.3 Å². The van der Waals surface area contributed by atoms with E-state index in [9.17, 15) is 14.3 Å². The zero-order valence-electron chi connectivity index (χ0n) is 24.2. The van der Waals surface area contributed by atoms with E-state index < -0.39 is 13.9 Å². The highest BCUT2D eigenvalue weighted by atomic mass is 31.2. The van der Waals surface area contributed by atoms with Gasteiger partial charge in [-0.15, -0.1) is 0 Å². The van der Waals surface area contributed by atoms with Gasteiger partial charge < -0.3 is 20.2 Å². The predicted octanol–water partition coefficient (Wildman–Crippen LogP) is 7.78. The number of unbranched alkanes of at least 4 members (excludes halogenated alkanes) is 10. The number of nitrogens with two attached hydrogens (primary N) is 1. The number of phosphoric ester groups is 1. The molecule has 1 rings (SSSR count). The third kappa shape index (κ3) is 18.9. The Labute approximate surface area is 231 Å². The molecule has 0 amide bonds. The fraction of sp³-hybridized carbons (Fsp3) is 0.767. The number of carbonyl (C=O) groups excluding carboxylic acids is 1. The van der Waals surface area contributed by atoms with Crippen LogP contribution in [0.4, 0.5) is 0 Å². The first-order valence-corrected chi connectivity index (χ1v) is 16.3. The van der Waals surface area contributed by atoms with Crippen molar-refractivity contribution in [2.24, 2.45) is 11.7 Å². The molecular formula is C30H54NO6P. The summed E-state index contributed by atoms with van der Waals surface area (Å²) >= 11 is 0.